The molecule has 1 aliphatic heterocycles. The van der Waals surface area contributed by atoms with E-state index in [-0.39, 0.29) is 66.0 Å². The first-order valence-corrected chi connectivity index (χ1v) is 20.5. The maximum atomic E-state index is 12.7. The number of nitrogens with zero attached hydrogens (tertiary/aromatic N) is 20. The van der Waals surface area contributed by atoms with Gasteiger partial charge in [-0.2, -0.15) is 98.5 Å². The van der Waals surface area contributed by atoms with Crippen LogP contribution in [0, 0.1) is 0 Å². The minimum Gasteiger partial charge on any atom is -0.367 e. The first-order valence-electron chi connectivity index (χ1n) is 20.5. The lowest BCUT2D eigenvalue weighted by molar-refractivity contribution is -0.144. The summed E-state index contributed by atoms with van der Waals surface area (Å²) in [7, 11) is 6.22. The van der Waals surface area contributed by atoms with Gasteiger partial charge in [-0.3, -0.25) is 4.79 Å². The van der Waals surface area contributed by atoms with Crippen molar-refractivity contribution in [3.8, 4) is 0 Å². The van der Waals surface area contributed by atoms with Crippen molar-refractivity contribution in [3.05, 3.63) is 105 Å². The lowest BCUT2D eigenvalue weighted by Crippen LogP contribution is -2.13. The summed E-state index contributed by atoms with van der Waals surface area (Å²) < 4.78 is 227. The maximum absolute atomic E-state index is 12.7. The Balaban J connectivity index is 0.000000270. The fourth-order valence-electron chi connectivity index (χ4n) is 4.99. The minimum absolute atomic E-state index is 0.00605. The summed E-state index contributed by atoms with van der Waals surface area (Å²) in [5.74, 6) is 0.638. The summed E-state index contributed by atoms with van der Waals surface area (Å²) in [4.78, 5) is 20.8. The molecule has 8 rings (SSSR count). The van der Waals surface area contributed by atoms with Crippen LogP contribution in [0.1, 0.15) is 54.9 Å². The smallest absolute Gasteiger partial charge is 0.367 e. The number of aliphatic imine (C=N–C) groups is 2. The highest BCUT2D eigenvalue weighted by Gasteiger charge is 2.39. The fraction of sp³-hybridized carbons (Fsp3) is 0.324. The molecule has 3 aromatic carbocycles. The standard InChI is InChI=1S/C11H9F6N5.C11H7F6N5.C9H4F6O.2C2H5N5.C2H4N4/c2*1-22-20-9(19-21-22)18-5-6-2-7(10(12,13)14)4-8(3-6)11(15,16)17;10-8(11,12)6-1-5(4-16)2-7(3-6)9(13,14)15;1-7-2(3)4-5-6-7;1-7-5-2(3)4-6-7;3-2-4-1-5-6-2/h2-4H,5H2,1H3,(H,18,20);2-5H,1H3;1-4H;1H3,(H2,3,4,6);1H3,(H2,3,5);1H2,(H2,3,4). The van der Waals surface area contributed by atoms with Crippen molar-refractivity contribution < 1.29 is 83.8 Å². The number of anilines is 3. The molecule has 0 unspecified atom stereocenters. The molecule has 4 aromatic heterocycles. The Labute approximate surface area is 432 Å². The Morgan fingerprint density at radius 2 is 0.963 bits per heavy atom. The molecule has 0 spiro atoms. The van der Waals surface area contributed by atoms with Crippen LogP contribution in [0.2, 0.25) is 0 Å². The summed E-state index contributed by atoms with van der Waals surface area (Å²) in [6, 6.07) is 3.18. The quantitative estimate of drug-likeness (QED) is 0.0764. The van der Waals surface area contributed by atoms with Crippen LogP contribution in [-0.2, 0) is 71.8 Å². The Bertz CT molecular complexity index is 3070. The van der Waals surface area contributed by atoms with Crippen molar-refractivity contribution in [2.24, 2.45) is 54.1 Å². The number of guanidine groups is 1. The molecule has 5 heterocycles. The third-order valence-corrected chi connectivity index (χ3v) is 8.44. The molecule has 0 saturated carbocycles. The third kappa shape index (κ3) is 22.2. The van der Waals surface area contributed by atoms with Crippen LogP contribution in [0.25, 0.3) is 0 Å². The van der Waals surface area contributed by atoms with Crippen molar-refractivity contribution in [3.63, 3.8) is 0 Å². The molecular formula is C37H34F18N24O. The van der Waals surface area contributed by atoms with Gasteiger partial charge in [0.2, 0.25) is 11.9 Å². The normalized spacial score (nSPS) is 12.6. The number of azo groups is 1. The van der Waals surface area contributed by atoms with E-state index in [1.807, 2.05) is 0 Å². The van der Waals surface area contributed by atoms with Crippen molar-refractivity contribution in [2.75, 3.05) is 23.5 Å². The van der Waals surface area contributed by atoms with Crippen LogP contribution in [0.5, 0.6) is 0 Å². The lowest BCUT2D eigenvalue weighted by Gasteiger charge is -2.14. The van der Waals surface area contributed by atoms with Gasteiger partial charge in [-0.1, -0.05) is 20.4 Å². The zero-order valence-electron chi connectivity index (χ0n) is 40.2. The molecule has 43 heteroatoms. The summed E-state index contributed by atoms with van der Waals surface area (Å²) >= 11 is 0. The van der Waals surface area contributed by atoms with E-state index in [4.69, 9.17) is 17.2 Å². The molecule has 0 aliphatic carbocycles. The Kier molecular flexibility index (Phi) is 21.6. The first-order chi connectivity index (χ1) is 36.7. The molecule has 0 amide bonds. The van der Waals surface area contributed by atoms with Crippen LogP contribution in [0.3, 0.4) is 0 Å². The van der Waals surface area contributed by atoms with Crippen molar-refractivity contribution in [1.82, 2.24) is 80.8 Å². The average molecular weight is 1170 g/mol. The van der Waals surface area contributed by atoms with Gasteiger partial charge in [0, 0.05) is 25.4 Å². The van der Waals surface area contributed by atoms with Crippen LogP contribution in [0.15, 0.2) is 74.8 Å². The summed E-state index contributed by atoms with van der Waals surface area (Å²) in [6.45, 7) is 0.102. The number of rotatable bonds is 6. The van der Waals surface area contributed by atoms with E-state index in [0.717, 1.165) is 15.8 Å². The molecule has 0 fully saturated rings. The van der Waals surface area contributed by atoms with E-state index in [1.54, 1.807) is 14.1 Å². The van der Waals surface area contributed by atoms with Gasteiger partial charge in [0.15, 0.2) is 6.67 Å². The second-order valence-electron chi connectivity index (χ2n) is 14.7. The second kappa shape index (κ2) is 26.7. The minimum atomic E-state index is -4.92. The van der Waals surface area contributed by atoms with Gasteiger partial charge in [0.05, 0.1) is 54.5 Å². The number of aromatic nitrogens is 16. The molecule has 0 atom stereocenters. The molecular weight excluding hydrogens is 1140 g/mol. The van der Waals surface area contributed by atoms with Gasteiger partial charge in [-0.25, -0.2) is 14.7 Å². The molecule has 7 aromatic rings. The second-order valence-corrected chi connectivity index (χ2v) is 14.7. The van der Waals surface area contributed by atoms with Crippen LogP contribution < -0.4 is 22.5 Å². The average Bonchev–Trinajstić information content (AvgIpc) is 4.23. The van der Waals surface area contributed by atoms with Gasteiger partial charge >= 0.3 is 37.1 Å². The zero-order chi connectivity index (χ0) is 60.6. The van der Waals surface area contributed by atoms with Crippen LogP contribution >= 0.6 is 0 Å². The largest absolute Gasteiger partial charge is 0.416 e. The molecule has 25 nitrogen and oxygen atoms in total. The number of carbonyl (C=O) groups excluding carboxylic acids is 1. The summed E-state index contributed by atoms with van der Waals surface area (Å²) in [5, 5.41) is 51.1. The number of alkyl halides is 18. The van der Waals surface area contributed by atoms with E-state index < -0.39 is 76.0 Å². The molecule has 80 heavy (non-hydrogen) atoms. The Morgan fingerprint density at radius 1 is 0.537 bits per heavy atom. The van der Waals surface area contributed by atoms with E-state index >= 15 is 0 Å². The number of nitrogens with two attached hydrogens (primary N) is 3. The molecule has 0 bridgehead atoms. The van der Waals surface area contributed by atoms with Gasteiger partial charge in [-0.15, -0.1) is 20.4 Å². The molecule has 7 N–H and O–H groups in total. The number of benzene rings is 3. The van der Waals surface area contributed by atoms with Crippen molar-refractivity contribution in [1.29, 1.82) is 0 Å². The Hall–Kier alpha value is -9.51. The van der Waals surface area contributed by atoms with E-state index in [0.29, 0.717) is 49.0 Å². The third-order valence-electron chi connectivity index (χ3n) is 8.44. The highest BCUT2D eigenvalue weighted by atomic mass is 19.4. The zero-order valence-corrected chi connectivity index (χ0v) is 40.2. The van der Waals surface area contributed by atoms with E-state index in [9.17, 15) is 83.8 Å². The van der Waals surface area contributed by atoms with Gasteiger partial charge < -0.3 is 22.5 Å². The number of halogens is 18. The number of nitrogen functional groups attached to an aromatic ring is 2. The molecule has 0 radical (unpaired) electrons. The fourth-order valence-corrected chi connectivity index (χ4v) is 4.99. The topological polar surface area (TPSA) is 331 Å². The number of hydrogen-bond acceptors (Lipinski definition) is 21. The lowest BCUT2D eigenvalue weighted by atomic mass is 10.0. The molecule has 434 valence electrons. The number of carbonyl (C=O) groups is 1. The highest BCUT2D eigenvalue weighted by molar-refractivity contribution is 5.82. The first kappa shape index (κ1) is 64.8. The number of tetrazole rings is 4. The number of nitrogens with one attached hydrogen (secondary N) is 1. The monoisotopic (exact) mass is 1170 g/mol. The van der Waals surface area contributed by atoms with Crippen LogP contribution in [-0.4, -0.2) is 106 Å². The van der Waals surface area contributed by atoms with Gasteiger partial charge in [0.1, 0.15) is 6.29 Å². The van der Waals surface area contributed by atoms with Gasteiger partial charge in [0.25, 0.3) is 17.8 Å². The maximum Gasteiger partial charge on any atom is 0.416 e. The number of hydrogen-bond donors (Lipinski definition) is 4. The van der Waals surface area contributed by atoms with Crippen molar-refractivity contribution >= 4 is 42.3 Å². The van der Waals surface area contributed by atoms with E-state index in [1.165, 1.54) is 23.6 Å². The van der Waals surface area contributed by atoms with Gasteiger partial charge in [-0.05, 0) is 91.8 Å². The Morgan fingerprint density at radius 3 is 1.24 bits per heavy atom. The predicted octanol–water partition coefficient (Wildman–Crippen LogP) is 6.70. The van der Waals surface area contributed by atoms with Crippen LogP contribution in [0.4, 0.5) is 103 Å². The van der Waals surface area contributed by atoms with E-state index in [2.05, 4.69) is 87.3 Å². The predicted molar refractivity (Wildman–Crippen MR) is 235 cm³/mol. The number of aryl methyl sites for hydroxylation is 4. The summed E-state index contributed by atoms with van der Waals surface area (Å²) in [5.41, 5.74) is 5.45. The highest BCUT2D eigenvalue weighted by Crippen LogP contribution is 2.39. The van der Waals surface area contributed by atoms with Crippen molar-refractivity contribution in [2.45, 2.75) is 43.6 Å². The SMILES string of the molecule is Cn1nnc(N)n1.Cn1nnc(N=Cc2cc(C(F)(F)F)cc(C(F)(F)F)c2)n1.Cn1nnc(NCc2cc(C(F)(F)F)cc(C(F)(F)F)c2)n1.Cn1nnnc1N.NC1=NCN=N1.O=Cc1cc(C(F)(F)F)cc(C(F)(F)F)c1. The summed E-state index contributed by atoms with van der Waals surface area (Å²) in [6.07, 6.45) is -28.7. The number of aldehydes is 1. The molecule has 1 aliphatic rings. The molecule has 0 saturated heterocycles.